The van der Waals surface area contributed by atoms with Crippen LogP contribution in [0.4, 0.5) is 8.78 Å². The smallest absolute Gasteiger partial charge is 0.323 e. The van der Waals surface area contributed by atoms with E-state index in [1.807, 2.05) is 0 Å². The molecule has 0 saturated heterocycles. The van der Waals surface area contributed by atoms with E-state index in [-0.39, 0.29) is 18.7 Å². The first-order chi connectivity index (χ1) is 13.9. The van der Waals surface area contributed by atoms with Crippen LogP contribution in [0.2, 0.25) is 0 Å². The second-order valence-corrected chi connectivity index (χ2v) is 6.25. The van der Waals surface area contributed by atoms with Gasteiger partial charge in [0.2, 0.25) is 0 Å². The van der Waals surface area contributed by atoms with Crippen LogP contribution in [0.3, 0.4) is 0 Å². The van der Waals surface area contributed by atoms with Gasteiger partial charge in [0.1, 0.15) is 29.8 Å². The number of nitrogens with one attached hydrogen (secondary N) is 1. The maximum Gasteiger partial charge on any atom is 0.323 e. The molecule has 1 aromatic heterocycles. The summed E-state index contributed by atoms with van der Waals surface area (Å²) in [5.74, 6) is -2.67. The van der Waals surface area contributed by atoms with Crippen molar-refractivity contribution in [1.29, 1.82) is 5.26 Å². The zero-order chi connectivity index (χ0) is 21.0. The van der Waals surface area contributed by atoms with Gasteiger partial charge < -0.3 is 15.0 Å². The van der Waals surface area contributed by atoms with Crippen LogP contribution in [0.5, 0.6) is 0 Å². The molecule has 0 bridgehead atoms. The number of aromatic nitrogens is 1. The van der Waals surface area contributed by atoms with Crippen molar-refractivity contribution in [1.82, 2.24) is 9.88 Å². The Morgan fingerprint density at radius 2 is 1.83 bits per heavy atom. The van der Waals surface area contributed by atoms with Gasteiger partial charge in [-0.15, -0.1) is 0 Å². The number of aliphatic carboxylic acids is 1. The summed E-state index contributed by atoms with van der Waals surface area (Å²) in [7, 11) is 0. The monoisotopic (exact) mass is 395 g/mol. The van der Waals surface area contributed by atoms with Crippen molar-refractivity contribution in [3.05, 3.63) is 77.0 Å². The van der Waals surface area contributed by atoms with Crippen molar-refractivity contribution >= 4 is 28.9 Å². The van der Waals surface area contributed by atoms with Gasteiger partial charge >= 0.3 is 5.97 Å². The molecule has 0 aliphatic heterocycles. The number of carbonyl (C=O) groups excluding carboxylic acids is 1. The highest BCUT2D eigenvalue weighted by atomic mass is 19.1. The highest BCUT2D eigenvalue weighted by Crippen LogP contribution is 2.25. The van der Waals surface area contributed by atoms with Gasteiger partial charge in [0.15, 0.2) is 0 Å². The maximum atomic E-state index is 13.7. The van der Waals surface area contributed by atoms with Crippen LogP contribution in [0.15, 0.2) is 54.2 Å². The number of hydrogen-bond donors (Lipinski definition) is 2. The Morgan fingerprint density at radius 3 is 2.48 bits per heavy atom. The van der Waals surface area contributed by atoms with E-state index in [2.05, 4.69) is 5.32 Å². The van der Waals surface area contributed by atoms with Crippen molar-refractivity contribution < 1.29 is 23.5 Å². The van der Waals surface area contributed by atoms with Crippen molar-refractivity contribution in [3.63, 3.8) is 0 Å². The maximum absolute atomic E-state index is 13.7. The third kappa shape index (κ3) is 4.65. The molecule has 8 heteroatoms. The Bertz CT molecular complexity index is 1160. The molecule has 2 aromatic carbocycles. The molecule has 0 saturated carbocycles. The second-order valence-electron chi connectivity index (χ2n) is 6.25. The lowest BCUT2D eigenvalue weighted by Crippen LogP contribution is -2.23. The molecule has 146 valence electrons. The van der Waals surface area contributed by atoms with Crippen LogP contribution in [0.25, 0.3) is 17.0 Å². The predicted molar refractivity (Wildman–Crippen MR) is 101 cm³/mol. The normalized spacial score (nSPS) is 11.3. The molecule has 0 unspecified atom stereocenters. The van der Waals surface area contributed by atoms with Gasteiger partial charge in [0.05, 0.1) is 0 Å². The molecular formula is C21H15F2N3O3. The minimum atomic E-state index is -1.08. The molecule has 6 nitrogen and oxygen atoms in total. The fraction of sp³-hybridized carbons (Fsp3) is 0.0952. The molecule has 0 atom stereocenters. The lowest BCUT2D eigenvalue weighted by atomic mass is 10.1. The predicted octanol–water partition coefficient (Wildman–Crippen LogP) is 3.23. The van der Waals surface area contributed by atoms with Gasteiger partial charge in [0, 0.05) is 29.2 Å². The first-order valence-corrected chi connectivity index (χ1v) is 8.52. The van der Waals surface area contributed by atoms with E-state index in [1.54, 1.807) is 6.07 Å². The number of carboxylic acids is 1. The van der Waals surface area contributed by atoms with E-state index in [0.29, 0.717) is 22.0 Å². The van der Waals surface area contributed by atoms with Gasteiger partial charge in [0.25, 0.3) is 5.91 Å². The number of nitrogens with zero attached hydrogens (tertiary/aromatic N) is 2. The highest BCUT2D eigenvalue weighted by molar-refractivity contribution is 6.04. The van der Waals surface area contributed by atoms with E-state index in [1.165, 1.54) is 59.3 Å². The summed E-state index contributed by atoms with van der Waals surface area (Å²) in [5, 5.41) is 21.4. The summed E-state index contributed by atoms with van der Waals surface area (Å²) in [6, 6.07) is 11.2. The van der Waals surface area contributed by atoms with Crippen LogP contribution < -0.4 is 5.32 Å². The first-order valence-electron chi connectivity index (χ1n) is 8.52. The lowest BCUT2D eigenvalue weighted by Gasteiger charge is -2.04. The molecular weight excluding hydrogens is 380 g/mol. The fourth-order valence-corrected chi connectivity index (χ4v) is 2.87. The van der Waals surface area contributed by atoms with Crippen LogP contribution in [0.1, 0.15) is 11.1 Å². The average molecular weight is 395 g/mol. The van der Waals surface area contributed by atoms with Crippen molar-refractivity contribution in [2.24, 2.45) is 0 Å². The summed E-state index contributed by atoms with van der Waals surface area (Å²) in [4.78, 5) is 23.4. The molecule has 0 aliphatic rings. The minimum Gasteiger partial charge on any atom is -0.480 e. The number of amides is 1. The summed E-state index contributed by atoms with van der Waals surface area (Å²) < 4.78 is 28.0. The summed E-state index contributed by atoms with van der Waals surface area (Å²) in [6.45, 7) is -0.262. The summed E-state index contributed by atoms with van der Waals surface area (Å²) in [6.07, 6.45) is 2.73. The van der Waals surface area contributed by atoms with Crippen molar-refractivity contribution in [2.75, 3.05) is 0 Å². The number of carboxylic acid groups (broad SMARTS) is 1. The Kier molecular flexibility index (Phi) is 5.69. The van der Waals surface area contributed by atoms with Crippen molar-refractivity contribution in [2.45, 2.75) is 13.1 Å². The van der Waals surface area contributed by atoms with E-state index >= 15 is 0 Å². The molecule has 1 heterocycles. The largest absolute Gasteiger partial charge is 0.480 e. The molecule has 29 heavy (non-hydrogen) atoms. The van der Waals surface area contributed by atoms with E-state index < -0.39 is 23.5 Å². The third-order valence-electron chi connectivity index (χ3n) is 4.21. The zero-order valence-electron chi connectivity index (χ0n) is 15.0. The standard InChI is InChI=1S/C21H15F2N3O3/c22-16-3-1-13(2-4-16)10-25-21(29)14(9-24)7-15-11-26(12-20(27)28)19-6-5-17(23)8-18(15)19/h1-8,11H,10,12H2,(H,25,29)(H,27,28)/b14-7+. The number of nitriles is 1. The Hall–Kier alpha value is -3.99. The molecule has 3 aromatic rings. The van der Waals surface area contributed by atoms with Gasteiger partial charge in [-0.1, -0.05) is 12.1 Å². The second kappa shape index (κ2) is 8.35. The SMILES string of the molecule is N#C/C(=C\c1cn(CC(=O)O)c2ccc(F)cc12)C(=O)NCc1ccc(F)cc1. The molecule has 3 rings (SSSR count). The lowest BCUT2D eigenvalue weighted by molar-refractivity contribution is -0.137. The van der Waals surface area contributed by atoms with Gasteiger partial charge in [-0.05, 0) is 42.0 Å². The Balaban J connectivity index is 1.89. The van der Waals surface area contributed by atoms with Gasteiger partial charge in [-0.3, -0.25) is 9.59 Å². The third-order valence-corrected chi connectivity index (χ3v) is 4.21. The van der Waals surface area contributed by atoms with E-state index in [0.717, 1.165) is 0 Å². The van der Waals surface area contributed by atoms with Gasteiger partial charge in [-0.25, -0.2) is 8.78 Å². The number of benzene rings is 2. The molecule has 0 aliphatic carbocycles. The molecule has 1 amide bonds. The topological polar surface area (TPSA) is 95.1 Å². The Labute approximate surface area is 164 Å². The molecule has 0 radical (unpaired) electrons. The van der Waals surface area contributed by atoms with E-state index in [9.17, 15) is 23.6 Å². The number of hydrogen-bond acceptors (Lipinski definition) is 3. The van der Waals surface area contributed by atoms with Crippen LogP contribution in [0, 0.1) is 23.0 Å². The summed E-state index contributed by atoms with van der Waals surface area (Å²) >= 11 is 0. The first kappa shape index (κ1) is 19.8. The zero-order valence-corrected chi connectivity index (χ0v) is 15.0. The average Bonchev–Trinajstić information content (AvgIpc) is 3.01. The molecule has 2 N–H and O–H groups in total. The molecule has 0 fully saturated rings. The van der Waals surface area contributed by atoms with Crippen molar-refractivity contribution in [3.8, 4) is 6.07 Å². The van der Waals surface area contributed by atoms with E-state index in [4.69, 9.17) is 5.11 Å². The fourth-order valence-electron chi connectivity index (χ4n) is 2.87. The van der Waals surface area contributed by atoms with Gasteiger partial charge in [-0.2, -0.15) is 5.26 Å². The quantitative estimate of drug-likeness (QED) is 0.495. The van der Waals surface area contributed by atoms with Crippen LogP contribution in [-0.2, 0) is 22.7 Å². The number of rotatable bonds is 6. The number of halogens is 2. The number of fused-ring (bicyclic) bond motifs is 1. The van der Waals surface area contributed by atoms with Crippen LogP contribution in [-0.4, -0.2) is 21.6 Å². The number of carbonyl (C=O) groups is 2. The highest BCUT2D eigenvalue weighted by Gasteiger charge is 2.14. The molecule has 0 spiro atoms. The Morgan fingerprint density at radius 1 is 1.14 bits per heavy atom. The minimum absolute atomic E-state index is 0.0908. The van der Waals surface area contributed by atoms with Crippen LogP contribution >= 0.6 is 0 Å². The summed E-state index contributed by atoms with van der Waals surface area (Å²) in [5.41, 5.74) is 1.22.